The molecule has 4 heterocycles. The van der Waals surface area contributed by atoms with Gasteiger partial charge in [0, 0.05) is 44.0 Å². The third-order valence-electron chi connectivity index (χ3n) is 5.20. The van der Waals surface area contributed by atoms with Crippen molar-refractivity contribution in [2.45, 2.75) is 32.6 Å². The van der Waals surface area contributed by atoms with Crippen LogP contribution in [-0.2, 0) is 7.05 Å². The Hall–Kier alpha value is -3.03. The molecule has 1 fully saturated rings. The summed E-state index contributed by atoms with van der Waals surface area (Å²) in [7, 11) is 1.84. The van der Waals surface area contributed by atoms with Crippen molar-refractivity contribution in [1.82, 2.24) is 29.8 Å². The van der Waals surface area contributed by atoms with Crippen molar-refractivity contribution in [2.75, 3.05) is 13.1 Å². The predicted molar refractivity (Wildman–Crippen MR) is 98.1 cm³/mol. The molecule has 0 aromatic carbocycles. The van der Waals surface area contributed by atoms with Crippen LogP contribution in [0.1, 0.15) is 46.2 Å². The highest BCUT2D eigenvalue weighted by molar-refractivity contribution is 5.95. The van der Waals surface area contributed by atoms with Crippen molar-refractivity contribution in [2.24, 2.45) is 7.05 Å². The summed E-state index contributed by atoms with van der Waals surface area (Å²) in [6.45, 7) is 5.15. The molecule has 4 rings (SSSR count). The molecular formula is C19H22N6O2. The number of piperidine rings is 1. The molecule has 8 heteroatoms. The zero-order chi connectivity index (χ0) is 19.0. The summed E-state index contributed by atoms with van der Waals surface area (Å²) in [6, 6.07) is 1.88. The predicted octanol–water partition coefficient (Wildman–Crippen LogP) is 2.50. The first kappa shape index (κ1) is 17.4. The van der Waals surface area contributed by atoms with E-state index in [1.165, 1.54) is 0 Å². The summed E-state index contributed by atoms with van der Waals surface area (Å²) in [6.07, 6.45) is 6.85. The zero-order valence-corrected chi connectivity index (χ0v) is 15.7. The SMILES string of the molecule is Cc1cc(-c2cncnc2[C@H]2CCCN(C(=O)c3cnn(C)c3C)C2)on1. The van der Waals surface area contributed by atoms with Crippen LogP contribution in [0.25, 0.3) is 11.3 Å². The van der Waals surface area contributed by atoms with E-state index in [1.807, 2.05) is 31.9 Å². The largest absolute Gasteiger partial charge is 0.356 e. The highest BCUT2D eigenvalue weighted by Gasteiger charge is 2.30. The van der Waals surface area contributed by atoms with Crippen LogP contribution in [0.15, 0.2) is 29.3 Å². The minimum absolute atomic E-state index is 0.0245. The molecule has 8 nitrogen and oxygen atoms in total. The summed E-state index contributed by atoms with van der Waals surface area (Å²) in [5.74, 6) is 0.814. The Morgan fingerprint density at radius 2 is 2.15 bits per heavy atom. The fourth-order valence-corrected chi connectivity index (χ4v) is 3.61. The van der Waals surface area contributed by atoms with Gasteiger partial charge in [0.25, 0.3) is 5.91 Å². The molecule has 0 saturated carbocycles. The van der Waals surface area contributed by atoms with Crippen LogP contribution in [0.2, 0.25) is 0 Å². The highest BCUT2D eigenvalue weighted by Crippen LogP contribution is 2.33. The number of likely N-dealkylation sites (tertiary alicyclic amines) is 1. The van der Waals surface area contributed by atoms with Crippen LogP contribution in [0, 0.1) is 13.8 Å². The lowest BCUT2D eigenvalue weighted by Gasteiger charge is -2.33. The third-order valence-corrected chi connectivity index (χ3v) is 5.20. The Morgan fingerprint density at radius 1 is 1.30 bits per heavy atom. The number of hydrogen-bond donors (Lipinski definition) is 0. The lowest BCUT2D eigenvalue weighted by atomic mass is 9.91. The molecule has 0 radical (unpaired) electrons. The maximum atomic E-state index is 13.0. The molecule has 3 aromatic rings. The summed E-state index contributed by atoms with van der Waals surface area (Å²) in [5, 5.41) is 8.16. The maximum absolute atomic E-state index is 13.0. The molecule has 0 unspecified atom stereocenters. The lowest BCUT2D eigenvalue weighted by molar-refractivity contribution is 0.0705. The third kappa shape index (κ3) is 3.22. The Kier molecular flexibility index (Phi) is 4.47. The second-order valence-corrected chi connectivity index (χ2v) is 7.01. The molecule has 0 N–H and O–H groups in total. The number of aromatic nitrogens is 5. The molecular weight excluding hydrogens is 344 g/mol. The van der Waals surface area contributed by atoms with E-state index in [4.69, 9.17) is 4.52 Å². The van der Waals surface area contributed by atoms with E-state index in [1.54, 1.807) is 23.4 Å². The molecule has 1 amide bonds. The van der Waals surface area contributed by atoms with Crippen molar-refractivity contribution in [3.05, 3.63) is 47.4 Å². The first-order valence-corrected chi connectivity index (χ1v) is 9.06. The minimum Gasteiger partial charge on any atom is -0.356 e. The van der Waals surface area contributed by atoms with Gasteiger partial charge in [0.15, 0.2) is 5.76 Å². The van der Waals surface area contributed by atoms with Gasteiger partial charge in [0.2, 0.25) is 0 Å². The van der Waals surface area contributed by atoms with Crippen LogP contribution in [0.5, 0.6) is 0 Å². The van der Waals surface area contributed by atoms with Gasteiger partial charge in [-0.1, -0.05) is 5.16 Å². The molecule has 0 aliphatic carbocycles. The first-order chi connectivity index (χ1) is 13.0. The molecule has 1 aliphatic rings. The summed E-state index contributed by atoms with van der Waals surface area (Å²) in [5.41, 5.74) is 4.10. The molecule has 0 bridgehead atoms. The lowest BCUT2D eigenvalue weighted by Crippen LogP contribution is -2.39. The number of amides is 1. The van der Waals surface area contributed by atoms with Crippen molar-refractivity contribution >= 4 is 5.91 Å². The maximum Gasteiger partial charge on any atom is 0.257 e. The summed E-state index contributed by atoms with van der Waals surface area (Å²) >= 11 is 0. The summed E-state index contributed by atoms with van der Waals surface area (Å²) in [4.78, 5) is 23.6. The van der Waals surface area contributed by atoms with Crippen molar-refractivity contribution in [1.29, 1.82) is 0 Å². The monoisotopic (exact) mass is 366 g/mol. The molecule has 27 heavy (non-hydrogen) atoms. The highest BCUT2D eigenvalue weighted by atomic mass is 16.5. The minimum atomic E-state index is 0.0245. The van der Waals surface area contributed by atoms with Crippen LogP contribution in [-0.4, -0.2) is 48.8 Å². The van der Waals surface area contributed by atoms with Gasteiger partial charge in [-0.25, -0.2) is 9.97 Å². The van der Waals surface area contributed by atoms with Crippen molar-refractivity contribution in [3.8, 4) is 11.3 Å². The fourth-order valence-electron chi connectivity index (χ4n) is 3.61. The Morgan fingerprint density at radius 3 is 2.85 bits per heavy atom. The number of carbonyl (C=O) groups is 1. The number of hydrogen-bond acceptors (Lipinski definition) is 6. The Bertz CT molecular complexity index is 976. The van der Waals surface area contributed by atoms with Gasteiger partial charge in [-0.3, -0.25) is 9.48 Å². The van der Waals surface area contributed by atoms with E-state index in [-0.39, 0.29) is 11.8 Å². The van der Waals surface area contributed by atoms with E-state index in [2.05, 4.69) is 20.2 Å². The van der Waals surface area contributed by atoms with Crippen molar-refractivity contribution < 1.29 is 9.32 Å². The van der Waals surface area contributed by atoms with Crippen LogP contribution in [0.3, 0.4) is 0 Å². The molecule has 3 aromatic heterocycles. The average Bonchev–Trinajstić information content (AvgIpc) is 3.27. The number of carbonyl (C=O) groups excluding carboxylic acids is 1. The second-order valence-electron chi connectivity index (χ2n) is 7.01. The number of rotatable bonds is 3. The average molecular weight is 366 g/mol. The van der Waals surface area contributed by atoms with Crippen LogP contribution < -0.4 is 0 Å². The second kappa shape index (κ2) is 6.94. The van der Waals surface area contributed by atoms with Gasteiger partial charge >= 0.3 is 0 Å². The van der Waals surface area contributed by atoms with E-state index in [0.717, 1.165) is 42.0 Å². The van der Waals surface area contributed by atoms with Gasteiger partial charge in [-0.2, -0.15) is 5.10 Å². The van der Waals surface area contributed by atoms with Gasteiger partial charge in [-0.05, 0) is 26.7 Å². The molecule has 1 aliphatic heterocycles. The van der Waals surface area contributed by atoms with Gasteiger partial charge < -0.3 is 9.42 Å². The van der Waals surface area contributed by atoms with Crippen LogP contribution >= 0.6 is 0 Å². The summed E-state index contributed by atoms with van der Waals surface area (Å²) < 4.78 is 7.15. The first-order valence-electron chi connectivity index (χ1n) is 9.06. The Labute approximate surface area is 157 Å². The number of nitrogens with zero attached hydrogens (tertiary/aromatic N) is 6. The van der Waals surface area contributed by atoms with Gasteiger partial charge in [0.1, 0.15) is 6.33 Å². The molecule has 140 valence electrons. The quantitative estimate of drug-likeness (QED) is 0.707. The molecule has 1 saturated heterocycles. The topological polar surface area (TPSA) is 89.9 Å². The normalized spacial score (nSPS) is 17.3. The van der Waals surface area contributed by atoms with E-state index < -0.39 is 0 Å². The van der Waals surface area contributed by atoms with Crippen molar-refractivity contribution in [3.63, 3.8) is 0 Å². The number of aryl methyl sites for hydroxylation is 2. The molecule has 1 atom stereocenters. The van der Waals surface area contributed by atoms with E-state index in [0.29, 0.717) is 17.9 Å². The fraction of sp³-hybridized carbons (Fsp3) is 0.421. The zero-order valence-electron chi connectivity index (χ0n) is 15.7. The standard InChI is InChI=1S/C19H22N6O2/c1-12-7-17(27-23-12)16-8-20-11-21-18(16)14-5-4-6-25(10-14)19(26)15-9-22-24(3)13(15)2/h7-9,11,14H,4-6,10H2,1-3H3/t14-/m0/s1. The van der Waals surface area contributed by atoms with Gasteiger partial charge in [0.05, 0.1) is 28.7 Å². The smallest absolute Gasteiger partial charge is 0.257 e. The van der Waals surface area contributed by atoms with E-state index >= 15 is 0 Å². The Balaban J connectivity index is 1.61. The van der Waals surface area contributed by atoms with Crippen LogP contribution in [0.4, 0.5) is 0 Å². The molecule has 0 spiro atoms. The van der Waals surface area contributed by atoms with Gasteiger partial charge in [-0.15, -0.1) is 0 Å². The van der Waals surface area contributed by atoms with E-state index in [9.17, 15) is 4.79 Å².